The molecular formula is C50H48F3IN2O3P2PdS. The van der Waals surface area contributed by atoms with Gasteiger partial charge in [0.25, 0.3) is 0 Å². The molecule has 0 spiro atoms. The van der Waals surface area contributed by atoms with Crippen molar-refractivity contribution < 1.29 is 41.7 Å². The molecular weight excluding hydrogens is 1060 g/mol. The molecule has 63 heavy (non-hydrogen) atoms. The summed E-state index contributed by atoms with van der Waals surface area (Å²) in [6.45, 7) is 7.60. The van der Waals surface area contributed by atoms with E-state index >= 15 is 0 Å². The zero-order chi connectivity index (χ0) is 45.7. The van der Waals surface area contributed by atoms with Gasteiger partial charge in [-0.3, -0.25) is 0 Å². The van der Waals surface area contributed by atoms with Crippen LogP contribution in [0.25, 0.3) is 0 Å². The van der Waals surface area contributed by atoms with Gasteiger partial charge in [0, 0.05) is 19.0 Å². The van der Waals surface area contributed by atoms with Crippen molar-refractivity contribution in [2.45, 2.75) is 38.4 Å². The van der Waals surface area contributed by atoms with Crippen LogP contribution in [0.4, 0.5) is 18.9 Å². The second kappa shape index (κ2) is 26.9. The van der Waals surface area contributed by atoms with Crippen LogP contribution in [0, 0.1) is 6.42 Å². The second-order valence-electron chi connectivity index (χ2n) is 13.5. The van der Waals surface area contributed by atoms with E-state index in [1.165, 1.54) is 37.5 Å². The Balaban J connectivity index is 0.000000189. The molecule has 330 valence electrons. The van der Waals surface area contributed by atoms with Crippen LogP contribution in [0.5, 0.6) is 0 Å². The first-order valence-corrected chi connectivity index (χ1v) is 28.5. The molecule has 0 amide bonds. The summed E-state index contributed by atoms with van der Waals surface area (Å²) in [5.41, 5.74) is -4.39. The molecule has 8 rings (SSSR count). The third kappa shape index (κ3) is 16.0. The first-order chi connectivity index (χ1) is 30.4. The van der Waals surface area contributed by atoms with E-state index < -0.39 is 31.5 Å². The van der Waals surface area contributed by atoms with E-state index in [0.29, 0.717) is 12.1 Å². The van der Waals surface area contributed by atoms with Crippen molar-refractivity contribution in [1.82, 2.24) is 5.01 Å². The van der Waals surface area contributed by atoms with Crippen molar-refractivity contribution >= 4 is 83.0 Å². The maximum Gasteiger partial charge on any atom is -0.0134 e. The molecule has 1 fully saturated rings. The van der Waals surface area contributed by atoms with Gasteiger partial charge < -0.3 is 9.56 Å². The van der Waals surface area contributed by atoms with E-state index in [0.717, 1.165) is 6.54 Å². The van der Waals surface area contributed by atoms with Gasteiger partial charge in [0.05, 0.1) is 11.7 Å². The van der Waals surface area contributed by atoms with Gasteiger partial charge >= 0.3 is 40.6 Å². The van der Waals surface area contributed by atoms with E-state index in [9.17, 15) is 13.2 Å². The molecule has 1 saturated heterocycles. The maximum absolute atomic E-state index is 10.7. The Morgan fingerprint density at radius 1 is 0.524 bits per heavy atom. The van der Waals surface area contributed by atoms with E-state index in [2.05, 4.69) is 265 Å². The monoisotopic (exact) mass is 1110 g/mol. The Kier molecular flexibility index (Phi) is 22.2. The van der Waals surface area contributed by atoms with Gasteiger partial charge in [-0.1, -0.05) is 207 Å². The molecule has 2 unspecified atom stereocenters. The number of hydrogen-bond acceptors (Lipinski definition) is 5. The minimum absolute atomic E-state index is 0.363. The minimum atomic E-state index is -6.09. The molecule has 0 bridgehead atoms. The minimum Gasteiger partial charge on any atom is -0.0622 e. The smallest absolute Gasteiger partial charge is 0.0134 e. The van der Waals surface area contributed by atoms with Crippen molar-refractivity contribution in [3.05, 3.63) is 219 Å². The van der Waals surface area contributed by atoms with E-state index in [1.54, 1.807) is 0 Å². The summed E-state index contributed by atoms with van der Waals surface area (Å²) in [6, 6.07) is 75.9. The number of hydrogen-bond donors (Lipinski definition) is 0. The zero-order valence-electron chi connectivity index (χ0n) is 34.8. The second-order valence-corrected chi connectivity index (χ2v) is 19.3. The molecule has 7 aromatic carbocycles. The van der Waals surface area contributed by atoms with Crippen LogP contribution in [0.3, 0.4) is 0 Å². The van der Waals surface area contributed by atoms with Gasteiger partial charge in [-0.05, 0) is 73.7 Å². The Bertz CT molecular complexity index is 2100. The van der Waals surface area contributed by atoms with Crippen molar-refractivity contribution in [2.24, 2.45) is 0 Å². The number of halogens is 4. The average Bonchev–Trinajstić information content (AvgIpc) is 3.61. The molecule has 0 aromatic heterocycles. The maximum atomic E-state index is 10.7. The summed E-state index contributed by atoms with van der Waals surface area (Å²) < 4.78 is 58.9. The van der Waals surface area contributed by atoms with Crippen molar-refractivity contribution in [1.29, 1.82) is 0 Å². The normalized spacial score (nSPS) is 14.8. The number of anilines is 1. The third-order valence-corrected chi connectivity index (χ3v) is 14.7. The first-order valence-electron chi connectivity index (χ1n) is 19.8. The van der Waals surface area contributed by atoms with Crippen molar-refractivity contribution in [3.8, 4) is 0 Å². The van der Waals surface area contributed by atoms with E-state index in [4.69, 9.17) is 13.0 Å². The van der Waals surface area contributed by atoms with Gasteiger partial charge in [0.15, 0.2) is 10.1 Å². The fraction of sp³-hybridized carbons (Fsp3) is 0.140. The Morgan fingerprint density at radius 2 is 0.746 bits per heavy atom. The van der Waals surface area contributed by atoms with E-state index in [1.807, 2.05) is 19.5 Å². The number of rotatable bonds is 8. The standard InChI is InChI=1S/2C18H15P.C13H18N2.CHF3O3S.HI.Pd/c2*1-4-10-16(11-5-1)19(17-12-6-2-7-13-17)18-14-8-3-9-15-18;1-4-14-11(2)10-12(3)15(14)13-8-6-5-7-9-13;2-1(3,4)8(5,6)7;;/h2*1-15H;5-9,11-12H,4H2,1-3H3;(H,5,6,7);1H;/q;;;;;+2/p-2. The Labute approximate surface area is 395 Å². The number of nitrogens with zero attached hydrogens (tertiary/aromatic N) is 2. The molecule has 1 heterocycles. The molecule has 2 radical (unpaired) electrons. The number of alkyl halides is 3. The predicted octanol–water partition coefficient (Wildman–Crippen LogP) is 10.4. The number of para-hydroxylation sites is 1. The average molecular weight is 1110 g/mol. The van der Waals surface area contributed by atoms with Gasteiger partial charge in [-0.2, -0.15) is 13.2 Å². The van der Waals surface area contributed by atoms with Crippen LogP contribution < -0.4 is 36.8 Å². The first kappa shape index (κ1) is 51.9. The molecule has 1 aliphatic heterocycles. The van der Waals surface area contributed by atoms with Crippen LogP contribution >= 0.6 is 35.4 Å². The SMILES string of the molecule is CCN1C(C)[C]C(C)N1c1ccccc1.O=S(=O)([O-])C(F)(F)F.[Pd+][I].c1ccc(P(c2ccccc2)c2ccccc2)cc1.c1ccc(P(c2ccccc2)c2ccccc2)cc1. The van der Waals surface area contributed by atoms with Crippen molar-refractivity contribution in [3.63, 3.8) is 0 Å². The zero-order valence-corrected chi connectivity index (χ0v) is 41.1. The van der Waals surface area contributed by atoms with Crippen LogP contribution in [-0.2, 0) is 25.7 Å². The molecule has 0 saturated carbocycles. The summed E-state index contributed by atoms with van der Waals surface area (Å²) in [6.07, 6.45) is 3.52. The van der Waals surface area contributed by atoms with Crippen LogP contribution in [0.1, 0.15) is 20.8 Å². The largest absolute Gasteiger partial charge is 0.0622 e. The summed E-state index contributed by atoms with van der Waals surface area (Å²) >= 11 is 4.72. The summed E-state index contributed by atoms with van der Waals surface area (Å²) in [5.74, 6) is 0. The molecule has 2 atom stereocenters. The predicted molar refractivity (Wildman–Crippen MR) is 264 cm³/mol. The summed E-state index contributed by atoms with van der Waals surface area (Å²) in [4.78, 5) is 0. The summed E-state index contributed by atoms with van der Waals surface area (Å²) in [7, 11) is -6.98. The fourth-order valence-electron chi connectivity index (χ4n) is 6.65. The molecule has 7 aromatic rings. The number of benzene rings is 7. The number of hydrazine groups is 1. The Morgan fingerprint density at radius 3 is 0.952 bits per heavy atom. The van der Waals surface area contributed by atoms with Crippen LogP contribution in [-0.4, -0.2) is 42.1 Å². The molecule has 5 nitrogen and oxygen atoms in total. The van der Waals surface area contributed by atoms with Crippen molar-refractivity contribution in [2.75, 3.05) is 11.6 Å². The van der Waals surface area contributed by atoms with E-state index in [-0.39, 0.29) is 0 Å². The summed E-state index contributed by atoms with van der Waals surface area (Å²) in [5, 5.41) is 13.1. The molecule has 0 N–H and O–H groups in total. The fourth-order valence-corrected chi connectivity index (χ4v) is 11.3. The molecule has 1 aliphatic rings. The topological polar surface area (TPSA) is 63.7 Å². The quantitative estimate of drug-likeness (QED) is 0.0499. The van der Waals surface area contributed by atoms with Gasteiger partial charge in [0.2, 0.25) is 0 Å². The van der Waals surface area contributed by atoms with Gasteiger partial charge in [-0.15, -0.1) is 0 Å². The molecule has 0 aliphatic carbocycles. The third-order valence-electron chi connectivity index (χ3n) is 9.29. The van der Waals surface area contributed by atoms with Crippen LogP contribution in [0.15, 0.2) is 212 Å². The Hall–Kier alpha value is -3.75. The molecule has 13 heteroatoms. The van der Waals surface area contributed by atoms with Gasteiger partial charge in [-0.25, -0.2) is 13.4 Å². The van der Waals surface area contributed by atoms with Crippen LogP contribution in [0.2, 0.25) is 0 Å². The van der Waals surface area contributed by atoms with Gasteiger partial charge in [0.1, 0.15) is 0 Å².